The Hall–Kier alpha value is -2.53. The number of aryl methyl sites for hydroxylation is 2. The van der Waals surface area contributed by atoms with Crippen LogP contribution in [-0.4, -0.2) is 16.2 Å². The Labute approximate surface area is 146 Å². The average molecular weight is 339 g/mol. The number of nitrogens with one attached hydrogen (secondary N) is 1. The Morgan fingerprint density at radius 3 is 2.96 bits per heavy atom. The van der Waals surface area contributed by atoms with E-state index in [1.54, 1.807) is 19.1 Å². The number of fused-ring (bicyclic) bond motifs is 1. The number of phenols is 1. The van der Waals surface area contributed by atoms with E-state index >= 15 is 0 Å². The lowest BCUT2D eigenvalue weighted by Crippen LogP contribution is -3.09. The molecule has 25 heavy (non-hydrogen) atoms. The summed E-state index contributed by atoms with van der Waals surface area (Å²) in [7, 11) is 2.09. The Morgan fingerprint density at radius 2 is 2.20 bits per heavy atom. The molecule has 3 aromatic rings. The number of benzene rings is 1. The highest BCUT2D eigenvalue weighted by Crippen LogP contribution is 2.27. The van der Waals surface area contributed by atoms with Gasteiger partial charge in [-0.1, -0.05) is 0 Å². The number of likely N-dealkylation sites (tertiary alicyclic amines) is 1. The Kier molecular flexibility index (Phi) is 3.88. The van der Waals surface area contributed by atoms with Crippen LogP contribution >= 0.6 is 0 Å². The van der Waals surface area contributed by atoms with Crippen molar-refractivity contribution in [1.82, 2.24) is 4.57 Å². The van der Waals surface area contributed by atoms with Crippen molar-refractivity contribution in [3.63, 3.8) is 0 Å². The van der Waals surface area contributed by atoms with Gasteiger partial charge in [0.05, 0.1) is 12.2 Å². The molecule has 5 heteroatoms. The van der Waals surface area contributed by atoms with Gasteiger partial charge in [-0.25, -0.2) is 4.79 Å². The Morgan fingerprint density at radius 1 is 1.36 bits per heavy atom. The summed E-state index contributed by atoms with van der Waals surface area (Å²) in [6.07, 6.45) is 4.43. The van der Waals surface area contributed by atoms with Gasteiger partial charge in [0, 0.05) is 48.7 Å². The first-order valence-electron chi connectivity index (χ1n) is 8.75. The first-order valence-corrected chi connectivity index (χ1v) is 8.75. The predicted molar refractivity (Wildman–Crippen MR) is 95.8 cm³/mol. The average Bonchev–Trinajstić information content (AvgIpc) is 3.20. The van der Waals surface area contributed by atoms with Crippen LogP contribution in [-0.2, 0) is 13.6 Å². The molecule has 2 N–H and O–H groups in total. The second kappa shape index (κ2) is 6.08. The number of aromatic hydroxyl groups is 1. The number of nitrogens with zero attached hydrogens (tertiary/aromatic N) is 1. The van der Waals surface area contributed by atoms with Crippen molar-refractivity contribution < 1.29 is 14.4 Å². The summed E-state index contributed by atoms with van der Waals surface area (Å²) >= 11 is 0. The van der Waals surface area contributed by atoms with Crippen LogP contribution in [0.15, 0.2) is 45.7 Å². The maximum atomic E-state index is 12.0. The van der Waals surface area contributed by atoms with Crippen molar-refractivity contribution in [2.45, 2.75) is 32.4 Å². The molecular weight excluding hydrogens is 316 g/mol. The zero-order valence-corrected chi connectivity index (χ0v) is 14.6. The van der Waals surface area contributed by atoms with Gasteiger partial charge in [-0.3, -0.25) is 0 Å². The van der Waals surface area contributed by atoms with Crippen LogP contribution in [0.3, 0.4) is 0 Å². The molecule has 2 aromatic heterocycles. The molecule has 1 aliphatic rings. The van der Waals surface area contributed by atoms with E-state index < -0.39 is 0 Å². The van der Waals surface area contributed by atoms with Crippen LogP contribution in [0.1, 0.15) is 35.7 Å². The molecule has 0 spiro atoms. The molecule has 0 aliphatic carbocycles. The SMILES string of the molecule is Cc1c(O)ccc2c(C[NH+]3CCC[C@H]3c3cccn3C)cc(=O)oc12. The van der Waals surface area contributed by atoms with Gasteiger partial charge in [0.25, 0.3) is 0 Å². The highest BCUT2D eigenvalue weighted by molar-refractivity contribution is 5.84. The van der Waals surface area contributed by atoms with E-state index in [1.165, 1.54) is 17.0 Å². The summed E-state index contributed by atoms with van der Waals surface area (Å²) in [5, 5.41) is 10.8. The molecule has 1 aromatic carbocycles. The molecule has 4 rings (SSSR count). The maximum Gasteiger partial charge on any atom is 0.336 e. The summed E-state index contributed by atoms with van der Waals surface area (Å²) in [6.45, 7) is 3.65. The fraction of sp³-hybridized carbons (Fsp3) is 0.350. The van der Waals surface area contributed by atoms with Crippen molar-refractivity contribution in [2.24, 2.45) is 7.05 Å². The minimum atomic E-state index is -0.356. The lowest BCUT2D eigenvalue weighted by atomic mass is 10.0. The van der Waals surface area contributed by atoms with Gasteiger partial charge in [-0.05, 0) is 31.2 Å². The number of aromatic nitrogens is 1. The lowest BCUT2D eigenvalue weighted by molar-refractivity contribution is -0.932. The summed E-state index contributed by atoms with van der Waals surface area (Å²) < 4.78 is 7.56. The van der Waals surface area contributed by atoms with E-state index in [1.807, 2.05) is 6.07 Å². The monoisotopic (exact) mass is 339 g/mol. The Bertz CT molecular complexity index is 986. The minimum Gasteiger partial charge on any atom is -0.508 e. The third-order valence-electron chi connectivity index (χ3n) is 5.46. The molecule has 3 heterocycles. The van der Waals surface area contributed by atoms with Gasteiger partial charge in [0.15, 0.2) is 0 Å². The fourth-order valence-electron chi connectivity index (χ4n) is 4.12. The molecule has 0 amide bonds. The van der Waals surface area contributed by atoms with Crippen LogP contribution < -0.4 is 10.5 Å². The standard InChI is InChI=1S/C20H22N2O3/c1-13-18(23)8-7-15-14(11-19(24)25-20(13)15)12-22-10-4-6-17(22)16-5-3-9-21(16)2/h3,5,7-9,11,17,23H,4,6,10,12H2,1-2H3/p+1/t17-/m0/s1. The van der Waals surface area contributed by atoms with Crippen molar-refractivity contribution in [3.05, 3.63) is 63.8 Å². The first kappa shape index (κ1) is 16.0. The zero-order chi connectivity index (χ0) is 17.6. The largest absolute Gasteiger partial charge is 0.508 e. The van der Waals surface area contributed by atoms with Gasteiger partial charge in [-0.15, -0.1) is 0 Å². The van der Waals surface area contributed by atoms with Crippen molar-refractivity contribution >= 4 is 11.0 Å². The van der Waals surface area contributed by atoms with Crippen molar-refractivity contribution in [3.8, 4) is 5.75 Å². The van der Waals surface area contributed by atoms with Crippen molar-refractivity contribution in [1.29, 1.82) is 0 Å². The smallest absolute Gasteiger partial charge is 0.336 e. The molecule has 130 valence electrons. The van der Waals surface area contributed by atoms with E-state index in [-0.39, 0.29) is 11.4 Å². The molecule has 0 bridgehead atoms. The summed E-state index contributed by atoms with van der Waals surface area (Å²) in [4.78, 5) is 13.5. The number of quaternary nitrogens is 1. The molecule has 1 fully saturated rings. The first-order chi connectivity index (χ1) is 12.0. The molecule has 1 unspecified atom stereocenters. The number of rotatable bonds is 3. The predicted octanol–water partition coefficient (Wildman–Crippen LogP) is 2.07. The highest BCUT2D eigenvalue weighted by Gasteiger charge is 2.32. The van der Waals surface area contributed by atoms with Crippen LogP contribution in [0, 0.1) is 6.92 Å². The number of hydrogen-bond donors (Lipinski definition) is 2. The second-order valence-corrected chi connectivity index (χ2v) is 7.00. The topological polar surface area (TPSA) is 59.8 Å². The van der Waals surface area contributed by atoms with Crippen LogP contribution in [0.4, 0.5) is 0 Å². The molecule has 1 aliphatic heterocycles. The van der Waals surface area contributed by atoms with Gasteiger partial charge in [0.1, 0.15) is 23.9 Å². The lowest BCUT2D eigenvalue weighted by Gasteiger charge is -2.22. The Balaban J connectivity index is 1.74. The van der Waals surface area contributed by atoms with E-state index in [2.05, 4.69) is 29.9 Å². The van der Waals surface area contributed by atoms with Crippen LogP contribution in [0.5, 0.6) is 5.75 Å². The van der Waals surface area contributed by atoms with E-state index in [0.29, 0.717) is 17.2 Å². The normalized spacial score (nSPS) is 20.4. The molecular formula is C20H23N2O3+. The maximum absolute atomic E-state index is 12.0. The third kappa shape index (κ3) is 2.74. The second-order valence-electron chi connectivity index (χ2n) is 7.00. The fourth-order valence-corrected chi connectivity index (χ4v) is 4.12. The summed E-state index contributed by atoms with van der Waals surface area (Å²) in [5.41, 5.74) is 3.09. The summed E-state index contributed by atoms with van der Waals surface area (Å²) in [5.74, 6) is 0.156. The van der Waals surface area contributed by atoms with Gasteiger partial charge >= 0.3 is 5.63 Å². The zero-order valence-electron chi connectivity index (χ0n) is 14.6. The number of hydrogen-bond acceptors (Lipinski definition) is 3. The van der Waals surface area contributed by atoms with Crippen LogP contribution in [0.25, 0.3) is 11.0 Å². The van der Waals surface area contributed by atoms with E-state index in [0.717, 1.165) is 30.5 Å². The highest BCUT2D eigenvalue weighted by atomic mass is 16.4. The minimum absolute atomic E-state index is 0.156. The van der Waals surface area contributed by atoms with Crippen LogP contribution in [0.2, 0.25) is 0 Å². The molecule has 5 nitrogen and oxygen atoms in total. The quantitative estimate of drug-likeness (QED) is 0.718. The van der Waals surface area contributed by atoms with Crippen molar-refractivity contribution in [2.75, 3.05) is 6.54 Å². The molecule has 1 saturated heterocycles. The van der Waals surface area contributed by atoms with E-state index in [9.17, 15) is 9.90 Å². The summed E-state index contributed by atoms with van der Waals surface area (Å²) in [6, 6.07) is 9.85. The molecule has 0 saturated carbocycles. The van der Waals surface area contributed by atoms with Gasteiger partial charge < -0.3 is 19.0 Å². The van der Waals surface area contributed by atoms with E-state index in [4.69, 9.17) is 4.42 Å². The third-order valence-corrected chi connectivity index (χ3v) is 5.46. The van der Waals surface area contributed by atoms with Gasteiger partial charge in [0.2, 0.25) is 0 Å². The molecule has 2 atom stereocenters. The van der Waals surface area contributed by atoms with Gasteiger partial charge in [-0.2, -0.15) is 0 Å². The number of phenolic OH excluding ortho intramolecular Hbond substituents is 1. The molecule has 0 radical (unpaired) electrons.